The summed E-state index contributed by atoms with van der Waals surface area (Å²) in [6.07, 6.45) is -1.14. The van der Waals surface area contributed by atoms with Gasteiger partial charge in [-0.1, -0.05) is 0 Å². The number of carboxylic acid groups (broad SMARTS) is 1. The normalized spacial score (nSPS) is 12.4. The van der Waals surface area contributed by atoms with Gasteiger partial charge in [-0.05, 0) is 20.8 Å². The van der Waals surface area contributed by atoms with E-state index in [-0.39, 0.29) is 6.42 Å². The maximum atomic E-state index is 11.1. The van der Waals surface area contributed by atoms with Crippen molar-refractivity contribution in [3.8, 4) is 6.07 Å². The number of aliphatic carboxylic acids is 1. The van der Waals surface area contributed by atoms with E-state index in [1.54, 1.807) is 26.8 Å². The lowest BCUT2D eigenvalue weighted by molar-refractivity contribution is -0.139. The van der Waals surface area contributed by atoms with Crippen molar-refractivity contribution in [1.82, 2.24) is 5.32 Å². The summed E-state index contributed by atoms with van der Waals surface area (Å²) in [4.78, 5) is 21.7. The Morgan fingerprint density at radius 3 is 2.40 bits per heavy atom. The molecule has 0 bridgehead atoms. The Morgan fingerprint density at radius 1 is 1.53 bits per heavy atom. The van der Waals surface area contributed by atoms with Crippen LogP contribution in [0.1, 0.15) is 27.2 Å². The van der Waals surface area contributed by atoms with Gasteiger partial charge in [-0.25, -0.2) is 9.59 Å². The average Bonchev–Trinajstić information content (AvgIpc) is 1.99. The number of nitriles is 1. The lowest BCUT2D eigenvalue weighted by Crippen LogP contribution is -2.43. The molecule has 15 heavy (non-hydrogen) atoms. The maximum absolute atomic E-state index is 11.1. The molecule has 0 aliphatic heterocycles. The van der Waals surface area contributed by atoms with Crippen LogP contribution in [-0.2, 0) is 9.53 Å². The third-order valence-electron chi connectivity index (χ3n) is 1.28. The van der Waals surface area contributed by atoms with Crippen LogP contribution in [0.15, 0.2) is 0 Å². The van der Waals surface area contributed by atoms with Gasteiger partial charge in [0.25, 0.3) is 0 Å². The third-order valence-corrected chi connectivity index (χ3v) is 1.28. The Morgan fingerprint density at radius 2 is 2.07 bits per heavy atom. The fraction of sp³-hybridized carbons (Fsp3) is 0.667. The van der Waals surface area contributed by atoms with Gasteiger partial charge in [-0.3, -0.25) is 0 Å². The van der Waals surface area contributed by atoms with E-state index in [9.17, 15) is 9.59 Å². The predicted molar refractivity (Wildman–Crippen MR) is 51.0 cm³/mol. The van der Waals surface area contributed by atoms with E-state index in [4.69, 9.17) is 15.1 Å². The minimum Gasteiger partial charge on any atom is -0.480 e. The topological polar surface area (TPSA) is 99.4 Å². The van der Waals surface area contributed by atoms with Gasteiger partial charge in [0, 0.05) is 0 Å². The molecule has 0 saturated carbocycles. The number of nitrogens with one attached hydrogen (secondary N) is 1. The molecule has 0 saturated heterocycles. The second-order valence-electron chi connectivity index (χ2n) is 3.90. The summed E-state index contributed by atoms with van der Waals surface area (Å²) in [7, 11) is 0. The van der Waals surface area contributed by atoms with Gasteiger partial charge in [0.1, 0.15) is 11.6 Å². The second-order valence-corrected chi connectivity index (χ2v) is 3.90. The van der Waals surface area contributed by atoms with E-state index in [2.05, 4.69) is 5.32 Å². The number of ether oxygens (including phenoxy) is 1. The van der Waals surface area contributed by atoms with E-state index < -0.39 is 23.7 Å². The Bertz CT molecular complexity index is 287. The van der Waals surface area contributed by atoms with Crippen LogP contribution in [0, 0.1) is 11.3 Å². The smallest absolute Gasteiger partial charge is 0.408 e. The minimum absolute atomic E-state index is 0.297. The summed E-state index contributed by atoms with van der Waals surface area (Å²) in [6.45, 7) is 4.98. The highest BCUT2D eigenvalue weighted by Gasteiger charge is 2.23. The summed E-state index contributed by atoms with van der Waals surface area (Å²) < 4.78 is 4.84. The first-order valence-electron chi connectivity index (χ1n) is 4.35. The standard InChI is InChI=1S/C9H14N2O4/c1-9(2,3)15-8(14)11-6(4-5-10)7(12)13/h6H,4H2,1-3H3,(H,11,14)(H,12,13). The lowest BCUT2D eigenvalue weighted by Gasteiger charge is -2.21. The molecule has 0 fully saturated rings. The predicted octanol–water partition coefficient (Wildman–Crippen LogP) is 0.878. The van der Waals surface area contributed by atoms with Crippen LogP contribution < -0.4 is 5.32 Å². The van der Waals surface area contributed by atoms with Gasteiger partial charge < -0.3 is 15.2 Å². The zero-order chi connectivity index (χ0) is 12.1. The molecule has 0 aromatic heterocycles. The quantitative estimate of drug-likeness (QED) is 0.726. The van der Waals surface area contributed by atoms with E-state index >= 15 is 0 Å². The fourth-order valence-electron chi connectivity index (χ4n) is 0.741. The van der Waals surface area contributed by atoms with Gasteiger partial charge in [-0.2, -0.15) is 5.26 Å². The summed E-state index contributed by atoms with van der Waals surface area (Å²) in [5.74, 6) is -1.26. The van der Waals surface area contributed by atoms with E-state index in [0.717, 1.165) is 0 Å². The van der Waals surface area contributed by atoms with E-state index in [1.807, 2.05) is 0 Å². The van der Waals surface area contributed by atoms with Crippen molar-refractivity contribution in [3.63, 3.8) is 0 Å². The van der Waals surface area contributed by atoms with Gasteiger partial charge in [0.2, 0.25) is 0 Å². The van der Waals surface area contributed by atoms with Crippen molar-refractivity contribution >= 4 is 12.1 Å². The van der Waals surface area contributed by atoms with E-state index in [1.165, 1.54) is 0 Å². The number of alkyl carbamates (subject to hydrolysis) is 1. The molecule has 0 aromatic rings. The molecular formula is C9H14N2O4. The molecule has 84 valence electrons. The van der Waals surface area contributed by atoms with Crippen molar-refractivity contribution in [2.24, 2.45) is 0 Å². The average molecular weight is 214 g/mol. The second kappa shape index (κ2) is 5.20. The molecule has 0 spiro atoms. The molecule has 1 unspecified atom stereocenters. The van der Waals surface area contributed by atoms with Crippen molar-refractivity contribution < 1.29 is 19.4 Å². The summed E-state index contributed by atoms with van der Waals surface area (Å²) in [5, 5.41) is 19.0. The van der Waals surface area contributed by atoms with Crippen LogP contribution in [0.4, 0.5) is 4.79 Å². The number of hydrogen-bond donors (Lipinski definition) is 2. The Kier molecular flexibility index (Phi) is 4.58. The number of carboxylic acids is 1. The molecule has 6 nitrogen and oxygen atoms in total. The summed E-state index contributed by atoms with van der Waals surface area (Å²) in [6, 6.07) is 0.435. The highest BCUT2D eigenvalue weighted by Crippen LogP contribution is 2.07. The van der Waals surface area contributed by atoms with Crippen molar-refractivity contribution in [2.75, 3.05) is 0 Å². The molecule has 0 heterocycles. The monoisotopic (exact) mass is 214 g/mol. The minimum atomic E-state index is -1.26. The number of carbonyl (C=O) groups is 2. The molecule has 2 N–H and O–H groups in total. The summed E-state index contributed by atoms with van der Waals surface area (Å²) >= 11 is 0. The molecular weight excluding hydrogens is 200 g/mol. The first-order valence-corrected chi connectivity index (χ1v) is 4.35. The number of rotatable bonds is 3. The molecule has 0 aliphatic rings. The van der Waals surface area contributed by atoms with Crippen molar-refractivity contribution in [1.29, 1.82) is 5.26 Å². The van der Waals surface area contributed by atoms with Crippen LogP contribution in [0.2, 0.25) is 0 Å². The van der Waals surface area contributed by atoms with Crippen LogP contribution in [-0.4, -0.2) is 28.8 Å². The van der Waals surface area contributed by atoms with Crippen LogP contribution in [0.3, 0.4) is 0 Å². The van der Waals surface area contributed by atoms with Gasteiger partial charge in [0.05, 0.1) is 12.5 Å². The van der Waals surface area contributed by atoms with Crippen LogP contribution >= 0.6 is 0 Å². The Hall–Kier alpha value is -1.77. The zero-order valence-corrected chi connectivity index (χ0v) is 8.90. The number of carbonyl (C=O) groups excluding carboxylic acids is 1. The third kappa shape index (κ3) is 6.32. The fourth-order valence-corrected chi connectivity index (χ4v) is 0.741. The van der Waals surface area contributed by atoms with Gasteiger partial charge in [-0.15, -0.1) is 0 Å². The maximum Gasteiger partial charge on any atom is 0.408 e. The highest BCUT2D eigenvalue weighted by molar-refractivity contribution is 5.80. The molecule has 6 heteroatoms. The Balaban J connectivity index is 4.25. The van der Waals surface area contributed by atoms with Gasteiger partial charge >= 0.3 is 12.1 Å². The van der Waals surface area contributed by atoms with Gasteiger partial charge in [0.15, 0.2) is 0 Å². The molecule has 1 amide bonds. The van der Waals surface area contributed by atoms with Crippen LogP contribution in [0.5, 0.6) is 0 Å². The molecule has 0 aliphatic carbocycles. The lowest BCUT2D eigenvalue weighted by atomic mass is 10.2. The largest absolute Gasteiger partial charge is 0.480 e. The number of nitrogens with zero attached hydrogens (tertiary/aromatic N) is 1. The molecule has 1 atom stereocenters. The number of hydrogen-bond acceptors (Lipinski definition) is 4. The van der Waals surface area contributed by atoms with E-state index in [0.29, 0.717) is 0 Å². The van der Waals surface area contributed by atoms with Crippen LogP contribution in [0.25, 0.3) is 0 Å². The molecule has 0 radical (unpaired) electrons. The SMILES string of the molecule is CC(C)(C)OC(=O)NC(CC#N)C(=O)O. The van der Waals surface area contributed by atoms with Crippen molar-refractivity contribution in [2.45, 2.75) is 38.8 Å². The first-order chi connectivity index (χ1) is 6.76. The number of amides is 1. The Labute approximate surface area is 87.8 Å². The summed E-state index contributed by atoms with van der Waals surface area (Å²) in [5.41, 5.74) is -0.695. The zero-order valence-electron chi connectivity index (χ0n) is 8.90. The first kappa shape index (κ1) is 13.2. The molecule has 0 aromatic carbocycles. The molecule has 0 rings (SSSR count). The van der Waals surface area contributed by atoms with Crippen molar-refractivity contribution in [3.05, 3.63) is 0 Å². The highest BCUT2D eigenvalue weighted by atomic mass is 16.6.